The second-order valence-electron chi connectivity index (χ2n) is 5.30. The average molecular weight is 204 g/mol. The summed E-state index contributed by atoms with van der Waals surface area (Å²) in [6, 6.07) is 6.74. The minimum Gasteiger partial charge on any atom is -0.374 e. The summed E-state index contributed by atoms with van der Waals surface area (Å²) in [5.74, 6) is 0. The molecule has 0 aromatic heterocycles. The Morgan fingerprint density at radius 2 is 2.13 bits per heavy atom. The van der Waals surface area contributed by atoms with E-state index in [9.17, 15) is 0 Å². The summed E-state index contributed by atoms with van der Waals surface area (Å²) in [5.41, 5.74) is 10.1. The lowest BCUT2D eigenvalue weighted by Gasteiger charge is -2.19. The average Bonchev–Trinajstić information content (AvgIpc) is 2.45. The second-order valence-corrected chi connectivity index (χ2v) is 5.30. The van der Waals surface area contributed by atoms with Gasteiger partial charge in [-0.15, -0.1) is 0 Å². The van der Waals surface area contributed by atoms with Crippen LogP contribution in [0.5, 0.6) is 0 Å². The highest BCUT2D eigenvalue weighted by Gasteiger charge is 2.17. The van der Waals surface area contributed by atoms with Gasteiger partial charge in [-0.1, -0.05) is 12.1 Å². The Hall–Kier alpha value is -1.02. The van der Waals surface area contributed by atoms with Crippen molar-refractivity contribution in [1.82, 2.24) is 0 Å². The van der Waals surface area contributed by atoms with Gasteiger partial charge in [0.2, 0.25) is 0 Å². The zero-order chi connectivity index (χ0) is 11.1. The Morgan fingerprint density at radius 1 is 1.40 bits per heavy atom. The van der Waals surface area contributed by atoms with E-state index in [1.807, 2.05) is 0 Å². The summed E-state index contributed by atoms with van der Waals surface area (Å²) in [4.78, 5) is 2.31. The van der Waals surface area contributed by atoms with Gasteiger partial charge in [0.15, 0.2) is 0 Å². The van der Waals surface area contributed by atoms with Crippen molar-refractivity contribution in [1.29, 1.82) is 0 Å². The molecule has 1 aromatic carbocycles. The maximum Gasteiger partial charge on any atom is 0.0397 e. The minimum absolute atomic E-state index is 0.112. The van der Waals surface area contributed by atoms with Gasteiger partial charge in [0.05, 0.1) is 0 Å². The molecule has 0 atom stereocenters. The number of nitrogens with zero attached hydrogens (tertiary/aromatic N) is 1. The number of rotatable bonds is 2. The fourth-order valence-electron chi connectivity index (χ4n) is 2.26. The second kappa shape index (κ2) is 3.53. The summed E-state index contributed by atoms with van der Waals surface area (Å²) in [5, 5.41) is 0. The van der Waals surface area contributed by atoms with Gasteiger partial charge >= 0.3 is 0 Å². The van der Waals surface area contributed by atoms with Crippen molar-refractivity contribution in [3.05, 3.63) is 29.3 Å². The smallest absolute Gasteiger partial charge is 0.0397 e. The van der Waals surface area contributed by atoms with Crippen LogP contribution in [0, 0.1) is 0 Å². The Morgan fingerprint density at radius 3 is 2.80 bits per heavy atom. The lowest BCUT2D eigenvalue weighted by atomic mass is 9.95. The Bertz CT molecular complexity index is 363. The van der Waals surface area contributed by atoms with Crippen molar-refractivity contribution >= 4 is 5.69 Å². The van der Waals surface area contributed by atoms with Crippen molar-refractivity contribution in [3.63, 3.8) is 0 Å². The molecule has 2 nitrogen and oxygen atoms in total. The van der Waals surface area contributed by atoms with E-state index in [0.29, 0.717) is 0 Å². The van der Waals surface area contributed by atoms with Gasteiger partial charge in [-0.3, -0.25) is 0 Å². The van der Waals surface area contributed by atoms with E-state index in [1.165, 1.54) is 23.2 Å². The summed E-state index contributed by atoms with van der Waals surface area (Å²) in [6.07, 6.45) is 2.12. The first-order chi connectivity index (χ1) is 6.96. The zero-order valence-electron chi connectivity index (χ0n) is 9.88. The summed E-state index contributed by atoms with van der Waals surface area (Å²) < 4.78 is 0. The number of fused-ring (bicyclic) bond motifs is 1. The predicted octanol–water partition coefficient (Wildman–Crippen LogP) is 1.96. The molecule has 82 valence electrons. The van der Waals surface area contributed by atoms with Crippen molar-refractivity contribution in [2.45, 2.75) is 32.2 Å². The van der Waals surface area contributed by atoms with E-state index in [2.05, 4.69) is 44.0 Å². The number of benzene rings is 1. The van der Waals surface area contributed by atoms with Crippen LogP contribution in [0.2, 0.25) is 0 Å². The standard InChI is InChI=1S/C13H20N2/c1-13(2,14)9-10-4-5-12-11(8-10)6-7-15(12)3/h4-5,8H,6-7,9,14H2,1-3H3. The topological polar surface area (TPSA) is 29.3 Å². The predicted molar refractivity (Wildman–Crippen MR) is 65.4 cm³/mol. The molecule has 1 heterocycles. The number of anilines is 1. The fourth-order valence-corrected chi connectivity index (χ4v) is 2.26. The maximum atomic E-state index is 6.03. The van der Waals surface area contributed by atoms with E-state index in [-0.39, 0.29) is 5.54 Å². The van der Waals surface area contributed by atoms with Gasteiger partial charge in [0, 0.05) is 24.8 Å². The van der Waals surface area contributed by atoms with Crippen LogP contribution in [0.4, 0.5) is 5.69 Å². The van der Waals surface area contributed by atoms with Crippen LogP contribution in [0.15, 0.2) is 18.2 Å². The molecule has 15 heavy (non-hydrogen) atoms. The van der Waals surface area contributed by atoms with Crippen molar-refractivity contribution in [3.8, 4) is 0 Å². The van der Waals surface area contributed by atoms with E-state index in [1.54, 1.807) is 0 Å². The lowest BCUT2D eigenvalue weighted by Crippen LogP contribution is -2.34. The number of nitrogens with two attached hydrogens (primary N) is 1. The van der Waals surface area contributed by atoms with Crippen LogP contribution in [0.3, 0.4) is 0 Å². The number of hydrogen-bond donors (Lipinski definition) is 1. The molecule has 0 saturated heterocycles. The third kappa shape index (κ3) is 2.32. The van der Waals surface area contributed by atoms with Crippen LogP contribution >= 0.6 is 0 Å². The van der Waals surface area contributed by atoms with Crippen LogP contribution in [0.25, 0.3) is 0 Å². The van der Waals surface area contributed by atoms with E-state index in [4.69, 9.17) is 5.73 Å². The maximum absolute atomic E-state index is 6.03. The lowest BCUT2D eigenvalue weighted by molar-refractivity contribution is 0.516. The normalized spacial score (nSPS) is 15.6. The molecular formula is C13H20N2. The number of hydrogen-bond acceptors (Lipinski definition) is 2. The monoisotopic (exact) mass is 204 g/mol. The highest BCUT2D eigenvalue weighted by molar-refractivity contribution is 5.58. The van der Waals surface area contributed by atoms with Gasteiger partial charge in [-0.2, -0.15) is 0 Å². The summed E-state index contributed by atoms with van der Waals surface area (Å²) >= 11 is 0. The van der Waals surface area contributed by atoms with Crippen LogP contribution in [0.1, 0.15) is 25.0 Å². The molecule has 1 aliphatic rings. The molecule has 2 N–H and O–H groups in total. The van der Waals surface area contributed by atoms with Gasteiger partial charge in [0.1, 0.15) is 0 Å². The highest BCUT2D eigenvalue weighted by Crippen LogP contribution is 2.28. The van der Waals surface area contributed by atoms with Gasteiger partial charge in [-0.25, -0.2) is 0 Å². The molecule has 2 heteroatoms. The van der Waals surface area contributed by atoms with Crippen molar-refractivity contribution in [2.24, 2.45) is 5.73 Å². The highest BCUT2D eigenvalue weighted by atomic mass is 15.1. The Labute approximate surface area is 92.1 Å². The molecule has 0 aliphatic carbocycles. The quantitative estimate of drug-likeness (QED) is 0.798. The van der Waals surface area contributed by atoms with E-state index >= 15 is 0 Å². The Kier molecular flexibility index (Phi) is 2.47. The number of likely N-dealkylation sites (N-methyl/N-ethyl adjacent to an activating group) is 1. The SMILES string of the molecule is CN1CCc2cc(CC(C)(C)N)ccc21. The third-order valence-electron chi connectivity index (χ3n) is 2.93. The molecule has 0 amide bonds. The molecule has 0 fully saturated rings. The van der Waals surface area contributed by atoms with Crippen LogP contribution in [-0.4, -0.2) is 19.1 Å². The Balaban J connectivity index is 2.24. The molecule has 0 bridgehead atoms. The zero-order valence-corrected chi connectivity index (χ0v) is 9.88. The molecule has 0 radical (unpaired) electrons. The third-order valence-corrected chi connectivity index (χ3v) is 2.93. The molecule has 0 saturated carbocycles. The van der Waals surface area contributed by atoms with Crippen molar-refractivity contribution < 1.29 is 0 Å². The van der Waals surface area contributed by atoms with Crippen molar-refractivity contribution in [2.75, 3.05) is 18.5 Å². The summed E-state index contributed by atoms with van der Waals surface area (Å²) in [6.45, 7) is 5.30. The van der Waals surface area contributed by atoms with Crippen LogP contribution in [-0.2, 0) is 12.8 Å². The molecule has 0 spiro atoms. The molecule has 2 rings (SSSR count). The molecular weight excluding hydrogens is 184 g/mol. The largest absolute Gasteiger partial charge is 0.374 e. The van der Waals surface area contributed by atoms with Crippen LogP contribution < -0.4 is 10.6 Å². The molecule has 1 aromatic rings. The minimum atomic E-state index is -0.112. The molecule has 1 aliphatic heterocycles. The van der Waals surface area contributed by atoms with E-state index < -0.39 is 0 Å². The van der Waals surface area contributed by atoms with Gasteiger partial charge in [-0.05, 0) is 43.9 Å². The fraction of sp³-hybridized carbons (Fsp3) is 0.538. The van der Waals surface area contributed by atoms with Gasteiger partial charge in [0.25, 0.3) is 0 Å². The summed E-state index contributed by atoms with van der Waals surface area (Å²) in [7, 11) is 2.15. The first kappa shape index (κ1) is 10.5. The first-order valence-electron chi connectivity index (χ1n) is 5.57. The molecule has 0 unspecified atom stereocenters. The van der Waals surface area contributed by atoms with Gasteiger partial charge < -0.3 is 10.6 Å². The first-order valence-corrected chi connectivity index (χ1v) is 5.57. The van der Waals surface area contributed by atoms with E-state index in [0.717, 1.165) is 13.0 Å².